The first-order valence-electron chi connectivity index (χ1n) is 4.74. The van der Waals surface area contributed by atoms with Crippen molar-refractivity contribution in [2.75, 3.05) is 0 Å². The summed E-state index contributed by atoms with van der Waals surface area (Å²) in [5.41, 5.74) is 11.5. The minimum absolute atomic E-state index is 0.00956. The second-order valence-corrected chi connectivity index (χ2v) is 3.61. The number of rotatable bonds is 1. The van der Waals surface area contributed by atoms with E-state index in [1.165, 1.54) is 6.20 Å². The lowest BCUT2D eigenvalue weighted by Gasteiger charge is -2.07. The van der Waals surface area contributed by atoms with E-state index in [9.17, 15) is 4.79 Å². The van der Waals surface area contributed by atoms with E-state index in [0.717, 1.165) is 0 Å². The zero-order valence-corrected chi connectivity index (χ0v) is 9.49. The van der Waals surface area contributed by atoms with E-state index in [4.69, 9.17) is 5.73 Å². The molecule has 1 heterocycles. The molecular formula is C10H9N5OS. The van der Waals surface area contributed by atoms with E-state index in [1.54, 1.807) is 24.4 Å². The Hall–Kier alpha value is -2.28. The number of carbonyl (C=O) groups excluding carboxylic acids is 1. The number of amides is 1. The molecule has 0 spiro atoms. The molecule has 6 nitrogen and oxygen atoms in total. The minimum Gasteiger partial charge on any atom is -0.375 e. The first-order chi connectivity index (χ1) is 8.18. The van der Waals surface area contributed by atoms with Crippen molar-refractivity contribution < 1.29 is 4.79 Å². The molecule has 0 bridgehead atoms. The van der Waals surface area contributed by atoms with Crippen molar-refractivity contribution in [1.29, 1.82) is 0 Å². The number of carbonyl (C=O) groups is 1. The molecule has 4 N–H and O–H groups in total. The molecule has 17 heavy (non-hydrogen) atoms. The lowest BCUT2D eigenvalue weighted by molar-refractivity contribution is 0.0945. The van der Waals surface area contributed by atoms with Gasteiger partial charge in [0.15, 0.2) is 5.11 Å². The van der Waals surface area contributed by atoms with Crippen molar-refractivity contribution in [3.05, 3.63) is 36.2 Å². The zero-order valence-electron chi connectivity index (χ0n) is 8.68. The number of fused-ring (bicyclic) bond motifs is 1. The number of aromatic nitrogens is 2. The summed E-state index contributed by atoms with van der Waals surface area (Å²) in [6.45, 7) is 0. The van der Waals surface area contributed by atoms with Crippen LogP contribution in [0, 0.1) is 0 Å². The number of nitrogens with zero attached hydrogens (tertiary/aromatic N) is 2. The third-order valence-electron chi connectivity index (χ3n) is 2.04. The van der Waals surface area contributed by atoms with Gasteiger partial charge in [0.05, 0.1) is 11.1 Å². The lowest BCUT2D eigenvalue weighted by Crippen LogP contribution is -2.44. The van der Waals surface area contributed by atoms with Gasteiger partial charge in [0, 0.05) is 12.4 Å². The number of hydrogen-bond donors (Lipinski definition) is 3. The third kappa shape index (κ3) is 2.45. The Morgan fingerprint density at radius 2 is 2.00 bits per heavy atom. The fourth-order valence-electron chi connectivity index (χ4n) is 1.36. The maximum Gasteiger partial charge on any atom is 0.271 e. The lowest BCUT2D eigenvalue weighted by atomic mass is 10.1. The zero-order chi connectivity index (χ0) is 12.3. The maximum absolute atomic E-state index is 11.8. The average Bonchev–Trinajstić information content (AvgIpc) is 2.35. The molecule has 0 aliphatic rings. The van der Waals surface area contributed by atoms with Gasteiger partial charge in [0.25, 0.3) is 5.91 Å². The Labute approximate surface area is 102 Å². The van der Waals surface area contributed by atoms with Crippen LogP contribution >= 0.6 is 12.2 Å². The van der Waals surface area contributed by atoms with E-state index in [2.05, 4.69) is 33.0 Å². The highest BCUT2D eigenvalue weighted by atomic mass is 32.1. The molecule has 0 saturated carbocycles. The van der Waals surface area contributed by atoms with Crippen molar-refractivity contribution in [2.24, 2.45) is 5.73 Å². The van der Waals surface area contributed by atoms with Crippen LogP contribution in [0.5, 0.6) is 0 Å². The molecule has 0 radical (unpaired) electrons. The molecule has 1 aromatic carbocycles. The Kier molecular flexibility index (Phi) is 3.10. The van der Waals surface area contributed by atoms with Crippen LogP contribution in [-0.2, 0) is 0 Å². The SMILES string of the molecule is NC(=S)NNC(=O)c1cccc2nccnc12. The largest absolute Gasteiger partial charge is 0.375 e. The summed E-state index contributed by atoms with van der Waals surface area (Å²) >= 11 is 4.58. The molecule has 1 aromatic heterocycles. The van der Waals surface area contributed by atoms with Crippen LogP contribution in [0.25, 0.3) is 11.0 Å². The van der Waals surface area contributed by atoms with Crippen molar-refractivity contribution in [1.82, 2.24) is 20.8 Å². The molecule has 1 amide bonds. The Morgan fingerprint density at radius 1 is 1.24 bits per heavy atom. The second kappa shape index (κ2) is 4.71. The van der Waals surface area contributed by atoms with Gasteiger partial charge in [-0.25, -0.2) is 0 Å². The number of hydrogen-bond acceptors (Lipinski definition) is 4. The normalized spacial score (nSPS) is 9.88. The Morgan fingerprint density at radius 3 is 2.76 bits per heavy atom. The maximum atomic E-state index is 11.8. The van der Waals surface area contributed by atoms with Crippen LogP contribution in [0.2, 0.25) is 0 Å². The van der Waals surface area contributed by atoms with E-state index in [0.29, 0.717) is 16.6 Å². The number of hydrazine groups is 1. The first-order valence-corrected chi connectivity index (χ1v) is 5.15. The highest BCUT2D eigenvalue weighted by Gasteiger charge is 2.10. The fraction of sp³-hybridized carbons (Fsp3) is 0. The molecular weight excluding hydrogens is 238 g/mol. The smallest absolute Gasteiger partial charge is 0.271 e. The molecule has 0 aliphatic carbocycles. The van der Waals surface area contributed by atoms with Gasteiger partial charge in [-0.05, 0) is 24.4 Å². The van der Waals surface area contributed by atoms with Crippen LogP contribution in [0.3, 0.4) is 0 Å². The van der Waals surface area contributed by atoms with Crippen LogP contribution in [0.4, 0.5) is 0 Å². The standard InChI is InChI=1S/C10H9N5OS/c11-10(17)15-14-9(16)6-2-1-3-7-8(6)13-5-4-12-7/h1-5H,(H,14,16)(H3,11,15,17). The fourth-order valence-corrected chi connectivity index (χ4v) is 1.41. The molecule has 0 unspecified atom stereocenters. The first kappa shape index (κ1) is 11.2. The third-order valence-corrected chi connectivity index (χ3v) is 2.14. The molecule has 0 fully saturated rings. The monoisotopic (exact) mass is 247 g/mol. The molecule has 2 rings (SSSR count). The van der Waals surface area contributed by atoms with E-state index in [-0.39, 0.29) is 11.0 Å². The molecule has 0 atom stereocenters. The van der Waals surface area contributed by atoms with Crippen LogP contribution in [-0.4, -0.2) is 21.0 Å². The predicted octanol–water partition coefficient (Wildman–Crippen LogP) is 0.108. The Balaban J connectivity index is 2.35. The van der Waals surface area contributed by atoms with Crippen LogP contribution in [0.1, 0.15) is 10.4 Å². The van der Waals surface area contributed by atoms with E-state index >= 15 is 0 Å². The molecule has 0 saturated heterocycles. The van der Waals surface area contributed by atoms with Crippen molar-refractivity contribution in [3.8, 4) is 0 Å². The van der Waals surface area contributed by atoms with Crippen molar-refractivity contribution in [2.45, 2.75) is 0 Å². The summed E-state index contributed by atoms with van der Waals surface area (Å²) in [6.07, 6.45) is 3.09. The summed E-state index contributed by atoms with van der Waals surface area (Å²) in [5, 5.41) is -0.00956. The molecule has 7 heteroatoms. The summed E-state index contributed by atoms with van der Waals surface area (Å²) in [5.74, 6) is -0.371. The van der Waals surface area contributed by atoms with Gasteiger partial charge >= 0.3 is 0 Å². The number of nitrogens with two attached hydrogens (primary N) is 1. The molecule has 0 aliphatic heterocycles. The highest BCUT2D eigenvalue weighted by Crippen LogP contribution is 2.13. The van der Waals surface area contributed by atoms with Gasteiger partial charge in [-0.15, -0.1) is 0 Å². The van der Waals surface area contributed by atoms with Gasteiger partial charge in [0.1, 0.15) is 5.52 Å². The number of benzene rings is 1. The van der Waals surface area contributed by atoms with Gasteiger partial charge in [-0.3, -0.25) is 25.6 Å². The van der Waals surface area contributed by atoms with Gasteiger partial charge in [-0.1, -0.05) is 6.07 Å². The van der Waals surface area contributed by atoms with E-state index in [1.807, 2.05) is 0 Å². The molecule has 86 valence electrons. The number of para-hydroxylation sites is 1. The highest BCUT2D eigenvalue weighted by molar-refractivity contribution is 7.80. The topological polar surface area (TPSA) is 92.9 Å². The summed E-state index contributed by atoms with van der Waals surface area (Å²) in [6, 6.07) is 5.15. The number of nitrogens with one attached hydrogen (secondary N) is 2. The minimum atomic E-state index is -0.371. The van der Waals surface area contributed by atoms with Gasteiger partial charge in [0.2, 0.25) is 0 Å². The van der Waals surface area contributed by atoms with Gasteiger partial charge < -0.3 is 5.73 Å². The van der Waals surface area contributed by atoms with Crippen molar-refractivity contribution in [3.63, 3.8) is 0 Å². The second-order valence-electron chi connectivity index (χ2n) is 3.17. The Bertz CT molecular complexity index is 580. The van der Waals surface area contributed by atoms with Crippen molar-refractivity contribution >= 4 is 34.3 Å². The van der Waals surface area contributed by atoms with Gasteiger partial charge in [-0.2, -0.15) is 0 Å². The summed E-state index contributed by atoms with van der Waals surface area (Å²) in [7, 11) is 0. The van der Waals surface area contributed by atoms with Crippen LogP contribution < -0.4 is 16.6 Å². The molecule has 2 aromatic rings. The van der Waals surface area contributed by atoms with E-state index < -0.39 is 0 Å². The summed E-state index contributed by atoms with van der Waals surface area (Å²) in [4.78, 5) is 20.0. The quantitative estimate of drug-likeness (QED) is 0.489. The summed E-state index contributed by atoms with van der Waals surface area (Å²) < 4.78 is 0. The van der Waals surface area contributed by atoms with Crippen LogP contribution in [0.15, 0.2) is 30.6 Å². The predicted molar refractivity (Wildman–Crippen MR) is 66.9 cm³/mol. The number of thiocarbonyl (C=S) groups is 1. The average molecular weight is 247 g/mol.